The highest BCUT2D eigenvalue weighted by molar-refractivity contribution is 6.06. The van der Waals surface area contributed by atoms with Crippen molar-refractivity contribution in [1.82, 2.24) is 19.8 Å². The van der Waals surface area contributed by atoms with Gasteiger partial charge >= 0.3 is 0 Å². The molecule has 37 heavy (non-hydrogen) atoms. The number of nitrogens with one attached hydrogen (secondary N) is 1. The summed E-state index contributed by atoms with van der Waals surface area (Å²) in [5.41, 5.74) is 2.98. The number of fused-ring (bicyclic) bond motifs is 2. The summed E-state index contributed by atoms with van der Waals surface area (Å²) >= 11 is 0. The average Bonchev–Trinajstić information content (AvgIpc) is 3.24. The first-order valence-corrected chi connectivity index (χ1v) is 12.1. The van der Waals surface area contributed by atoms with Gasteiger partial charge in [0.1, 0.15) is 24.6 Å². The Bertz CT molecular complexity index is 1420. The summed E-state index contributed by atoms with van der Waals surface area (Å²) in [4.78, 5) is 49.4. The molecule has 3 aromatic rings. The number of aromatic nitrogens is 2. The molecule has 1 saturated heterocycles. The van der Waals surface area contributed by atoms with E-state index in [4.69, 9.17) is 4.74 Å². The molecule has 1 atom stereocenters. The number of hydrogen-bond donors (Lipinski definition) is 1. The molecule has 1 aromatic heterocycles. The normalized spacial score (nSPS) is 17.2. The van der Waals surface area contributed by atoms with Crippen LogP contribution in [0.1, 0.15) is 36.1 Å². The summed E-state index contributed by atoms with van der Waals surface area (Å²) in [6.45, 7) is 5.07. The van der Waals surface area contributed by atoms with E-state index in [0.717, 1.165) is 13.1 Å². The zero-order valence-electron chi connectivity index (χ0n) is 20.4. The van der Waals surface area contributed by atoms with Crippen LogP contribution in [0, 0.1) is 11.3 Å². The lowest BCUT2D eigenvalue weighted by Crippen LogP contribution is -2.48. The molecule has 2 aliphatic rings. The molecular weight excluding hydrogens is 472 g/mol. The Morgan fingerprint density at radius 1 is 1.14 bits per heavy atom. The third-order valence-corrected chi connectivity index (χ3v) is 6.85. The van der Waals surface area contributed by atoms with Crippen LogP contribution >= 0.6 is 0 Å². The van der Waals surface area contributed by atoms with Gasteiger partial charge in [0.2, 0.25) is 11.8 Å². The Morgan fingerprint density at radius 2 is 1.95 bits per heavy atom. The topological polar surface area (TPSA) is 129 Å². The van der Waals surface area contributed by atoms with E-state index in [1.165, 1.54) is 6.33 Å². The van der Waals surface area contributed by atoms with E-state index < -0.39 is 5.92 Å². The maximum Gasteiger partial charge on any atom is 0.238 e. The third-order valence-electron chi connectivity index (χ3n) is 6.85. The molecule has 2 aromatic carbocycles. The van der Waals surface area contributed by atoms with Crippen LogP contribution < -0.4 is 10.1 Å². The average molecular weight is 499 g/mol. The molecule has 0 saturated carbocycles. The van der Waals surface area contributed by atoms with Gasteiger partial charge in [0.25, 0.3) is 0 Å². The van der Waals surface area contributed by atoms with Gasteiger partial charge in [0, 0.05) is 63.2 Å². The first kappa shape index (κ1) is 24.3. The lowest BCUT2D eigenvalue weighted by atomic mass is 9.93. The van der Waals surface area contributed by atoms with Crippen molar-refractivity contribution < 1.29 is 19.1 Å². The fraction of sp³-hybridized carbons (Fsp3) is 0.333. The van der Waals surface area contributed by atoms with Crippen molar-refractivity contribution in [3.05, 3.63) is 59.5 Å². The molecule has 10 heteroatoms. The van der Waals surface area contributed by atoms with E-state index in [2.05, 4.69) is 26.3 Å². The highest BCUT2D eigenvalue weighted by Gasteiger charge is 2.34. The summed E-state index contributed by atoms with van der Waals surface area (Å²) < 4.78 is 5.74. The molecule has 1 fully saturated rings. The number of anilines is 1. The maximum atomic E-state index is 12.8. The number of carbonyl (C=O) groups excluding carboxylic acids is 3. The van der Waals surface area contributed by atoms with Gasteiger partial charge in [-0.25, -0.2) is 9.97 Å². The summed E-state index contributed by atoms with van der Waals surface area (Å²) in [5, 5.41) is 12.8. The number of nitrogens with zero attached hydrogens (tertiary/aromatic N) is 5. The fourth-order valence-corrected chi connectivity index (χ4v) is 4.79. The van der Waals surface area contributed by atoms with Gasteiger partial charge in [0.05, 0.1) is 22.8 Å². The quantitative estimate of drug-likeness (QED) is 0.524. The van der Waals surface area contributed by atoms with Crippen LogP contribution in [0.4, 0.5) is 5.69 Å². The highest BCUT2D eigenvalue weighted by Crippen LogP contribution is 2.39. The summed E-state index contributed by atoms with van der Waals surface area (Å²) in [6.07, 6.45) is 1.78. The third kappa shape index (κ3) is 5.13. The number of Topliss-reactive ketones (excluding diaryl/α,β-unsaturated/α-hetero) is 1. The number of hydrogen-bond acceptors (Lipinski definition) is 8. The van der Waals surface area contributed by atoms with Crippen molar-refractivity contribution in [1.29, 1.82) is 5.26 Å². The van der Waals surface area contributed by atoms with E-state index in [1.807, 2.05) is 4.90 Å². The van der Waals surface area contributed by atoms with Crippen LogP contribution in [0.25, 0.3) is 10.9 Å². The van der Waals surface area contributed by atoms with Crippen molar-refractivity contribution in [2.24, 2.45) is 0 Å². The first-order chi connectivity index (χ1) is 17.9. The predicted octanol–water partition coefficient (Wildman–Crippen LogP) is 2.09. The highest BCUT2D eigenvalue weighted by atomic mass is 16.5. The second-order valence-corrected chi connectivity index (χ2v) is 9.20. The van der Waals surface area contributed by atoms with Crippen LogP contribution in [0.2, 0.25) is 0 Å². The zero-order valence-corrected chi connectivity index (χ0v) is 20.4. The molecule has 0 aliphatic carbocycles. The van der Waals surface area contributed by atoms with Gasteiger partial charge in [-0.2, -0.15) is 5.26 Å². The summed E-state index contributed by atoms with van der Waals surface area (Å²) in [7, 11) is 0. The molecule has 5 rings (SSSR count). The minimum atomic E-state index is -0.653. The van der Waals surface area contributed by atoms with Gasteiger partial charge in [0.15, 0.2) is 5.78 Å². The van der Waals surface area contributed by atoms with Crippen molar-refractivity contribution in [2.45, 2.75) is 19.3 Å². The molecule has 1 unspecified atom stereocenters. The molecule has 3 heterocycles. The van der Waals surface area contributed by atoms with E-state index in [9.17, 15) is 19.6 Å². The Kier molecular flexibility index (Phi) is 6.79. The van der Waals surface area contributed by atoms with Crippen molar-refractivity contribution in [3.8, 4) is 11.8 Å². The number of ketones is 1. The number of piperazine rings is 1. The maximum absolute atomic E-state index is 12.8. The molecule has 188 valence electrons. The standard InChI is InChI=1S/C27H26N6O4/c1-17(34)33-10-8-32(9-11-33)7-6-19(35)15-37-20-3-4-21-24(13-20)29-16-30-26(21)25-22-12-18(14-28)2-5-23(22)31-27(25)36/h2-5,12-13,16,25H,6-11,15H2,1H3,(H,31,36). The van der Waals surface area contributed by atoms with Gasteiger partial charge in [-0.15, -0.1) is 0 Å². The van der Waals surface area contributed by atoms with Crippen LogP contribution in [0.15, 0.2) is 42.7 Å². The predicted molar refractivity (Wildman–Crippen MR) is 135 cm³/mol. The lowest BCUT2D eigenvalue weighted by molar-refractivity contribution is -0.131. The number of amides is 2. The zero-order chi connectivity index (χ0) is 25.9. The molecule has 0 bridgehead atoms. The summed E-state index contributed by atoms with van der Waals surface area (Å²) in [6, 6.07) is 12.5. The van der Waals surface area contributed by atoms with Crippen LogP contribution in [-0.2, 0) is 14.4 Å². The number of ether oxygens (including phenoxy) is 1. The monoisotopic (exact) mass is 498 g/mol. The molecule has 1 N–H and O–H groups in total. The number of rotatable bonds is 7. The Morgan fingerprint density at radius 3 is 2.70 bits per heavy atom. The molecule has 2 aliphatic heterocycles. The Hall–Kier alpha value is -4.36. The van der Waals surface area contributed by atoms with Crippen LogP contribution in [0.3, 0.4) is 0 Å². The van der Waals surface area contributed by atoms with Crippen molar-refractivity contribution in [2.75, 3.05) is 44.6 Å². The van der Waals surface area contributed by atoms with Gasteiger partial charge in [-0.05, 0) is 35.9 Å². The first-order valence-electron chi connectivity index (χ1n) is 12.1. The Balaban J connectivity index is 1.23. The largest absolute Gasteiger partial charge is 0.486 e. The smallest absolute Gasteiger partial charge is 0.238 e. The van der Waals surface area contributed by atoms with E-state index in [-0.39, 0.29) is 24.2 Å². The van der Waals surface area contributed by atoms with Gasteiger partial charge in [-0.1, -0.05) is 0 Å². The van der Waals surface area contributed by atoms with Gasteiger partial charge in [-0.3, -0.25) is 19.3 Å². The van der Waals surface area contributed by atoms with Crippen molar-refractivity contribution >= 4 is 34.2 Å². The molecule has 0 radical (unpaired) electrons. The Labute approximate surface area is 213 Å². The van der Waals surface area contributed by atoms with E-state index in [0.29, 0.717) is 65.2 Å². The SMILES string of the molecule is CC(=O)N1CCN(CCC(=O)COc2ccc3c(C4C(=O)Nc5ccc(C#N)cc54)ncnc3c2)CC1. The summed E-state index contributed by atoms with van der Waals surface area (Å²) in [5.74, 6) is -0.284. The van der Waals surface area contributed by atoms with E-state index in [1.54, 1.807) is 43.3 Å². The van der Waals surface area contributed by atoms with Crippen LogP contribution in [-0.4, -0.2) is 76.7 Å². The molecule has 0 spiro atoms. The molecule has 10 nitrogen and oxygen atoms in total. The fourth-order valence-electron chi connectivity index (χ4n) is 4.79. The number of benzene rings is 2. The molecular formula is C27H26N6O4. The second-order valence-electron chi connectivity index (χ2n) is 9.20. The minimum Gasteiger partial charge on any atom is -0.486 e. The number of carbonyl (C=O) groups is 3. The van der Waals surface area contributed by atoms with Crippen molar-refractivity contribution in [3.63, 3.8) is 0 Å². The molecule has 2 amide bonds. The van der Waals surface area contributed by atoms with Gasteiger partial charge < -0.3 is 15.0 Å². The number of nitriles is 1. The minimum absolute atomic E-state index is 0.00926. The lowest BCUT2D eigenvalue weighted by Gasteiger charge is -2.34. The second kappa shape index (κ2) is 10.3. The van der Waals surface area contributed by atoms with Crippen LogP contribution in [0.5, 0.6) is 5.75 Å². The van der Waals surface area contributed by atoms with E-state index >= 15 is 0 Å².